The lowest BCUT2D eigenvalue weighted by Gasteiger charge is -2.27. The zero-order chi connectivity index (χ0) is 23.4. The summed E-state index contributed by atoms with van der Waals surface area (Å²) in [4.78, 5) is 51.1. The second kappa shape index (κ2) is 9.37. The van der Waals surface area contributed by atoms with Gasteiger partial charge in [0.1, 0.15) is 0 Å². The third-order valence-electron chi connectivity index (χ3n) is 5.40. The van der Waals surface area contributed by atoms with Gasteiger partial charge in [-0.05, 0) is 42.1 Å². The van der Waals surface area contributed by atoms with Gasteiger partial charge in [0.05, 0.1) is 6.54 Å². The van der Waals surface area contributed by atoms with Gasteiger partial charge in [-0.25, -0.2) is 0 Å². The first kappa shape index (κ1) is 21.8. The molecule has 33 heavy (non-hydrogen) atoms. The van der Waals surface area contributed by atoms with Gasteiger partial charge in [-0.1, -0.05) is 36.3 Å². The number of hydrogen-bond donors (Lipinski definition) is 2. The van der Waals surface area contributed by atoms with Crippen molar-refractivity contribution in [1.29, 1.82) is 0 Å². The molecule has 4 amide bonds. The molecule has 0 saturated carbocycles. The monoisotopic (exact) mass is 439 g/mol. The summed E-state index contributed by atoms with van der Waals surface area (Å²) in [6.07, 6.45) is 5.70. The van der Waals surface area contributed by atoms with E-state index in [9.17, 15) is 19.2 Å². The van der Waals surface area contributed by atoms with Crippen LogP contribution in [0, 0.1) is 12.3 Å². The Morgan fingerprint density at radius 1 is 0.909 bits per heavy atom. The van der Waals surface area contributed by atoms with Crippen LogP contribution in [0.1, 0.15) is 39.1 Å². The van der Waals surface area contributed by atoms with Gasteiger partial charge >= 0.3 is 0 Å². The van der Waals surface area contributed by atoms with Crippen molar-refractivity contribution < 1.29 is 19.2 Å². The number of nitrogens with zero attached hydrogens (tertiary/aromatic N) is 1. The average molecular weight is 439 g/mol. The first-order valence-electron chi connectivity index (χ1n) is 10.5. The summed E-state index contributed by atoms with van der Waals surface area (Å²) in [5.41, 5.74) is 2.15. The van der Waals surface area contributed by atoms with Crippen LogP contribution in [-0.2, 0) is 9.59 Å². The van der Waals surface area contributed by atoms with Crippen molar-refractivity contribution in [3.8, 4) is 12.3 Å². The lowest BCUT2D eigenvalue weighted by Crippen LogP contribution is -2.41. The third kappa shape index (κ3) is 4.60. The highest BCUT2D eigenvalue weighted by Gasteiger charge is 2.32. The number of benzene rings is 3. The summed E-state index contributed by atoms with van der Waals surface area (Å²) in [5, 5.41) is 6.72. The van der Waals surface area contributed by atoms with E-state index in [0.717, 1.165) is 5.39 Å². The van der Waals surface area contributed by atoms with Crippen molar-refractivity contribution >= 4 is 40.1 Å². The van der Waals surface area contributed by atoms with Crippen LogP contribution < -0.4 is 10.6 Å². The number of nitrogens with one attached hydrogen (secondary N) is 2. The zero-order valence-electron chi connectivity index (χ0n) is 17.8. The van der Waals surface area contributed by atoms with Gasteiger partial charge in [-0.2, -0.15) is 0 Å². The molecule has 1 aliphatic heterocycles. The molecule has 164 valence electrons. The van der Waals surface area contributed by atoms with Crippen LogP contribution in [0.5, 0.6) is 0 Å². The maximum atomic E-state index is 12.9. The molecule has 0 saturated heterocycles. The van der Waals surface area contributed by atoms with Crippen LogP contribution in [0.4, 0.5) is 5.69 Å². The van der Waals surface area contributed by atoms with Gasteiger partial charge in [0.2, 0.25) is 11.8 Å². The molecule has 0 radical (unpaired) electrons. The molecule has 0 atom stereocenters. The normalized spacial score (nSPS) is 12.4. The number of hydrogen-bond acceptors (Lipinski definition) is 4. The molecule has 1 aliphatic rings. The van der Waals surface area contributed by atoms with Crippen molar-refractivity contribution in [3.63, 3.8) is 0 Å². The predicted molar refractivity (Wildman–Crippen MR) is 125 cm³/mol. The van der Waals surface area contributed by atoms with Gasteiger partial charge < -0.3 is 10.6 Å². The largest absolute Gasteiger partial charge is 0.347 e. The molecule has 0 aromatic heterocycles. The molecule has 2 N–H and O–H groups in total. The molecule has 3 aromatic rings. The second-order valence-corrected chi connectivity index (χ2v) is 7.62. The fraction of sp³-hybridized carbons (Fsp3) is 0.154. The molecule has 3 aromatic carbocycles. The van der Waals surface area contributed by atoms with E-state index in [1.54, 1.807) is 48.5 Å². The van der Waals surface area contributed by atoms with Gasteiger partial charge in [-0.15, -0.1) is 6.42 Å². The molecule has 4 rings (SSSR count). The van der Waals surface area contributed by atoms with Crippen LogP contribution in [-0.4, -0.2) is 41.6 Å². The lowest BCUT2D eigenvalue weighted by molar-refractivity contribution is -0.124. The van der Waals surface area contributed by atoms with E-state index in [0.29, 0.717) is 27.8 Å². The maximum absolute atomic E-state index is 12.9. The second-order valence-electron chi connectivity index (χ2n) is 7.62. The van der Waals surface area contributed by atoms with E-state index in [1.165, 1.54) is 4.90 Å². The van der Waals surface area contributed by atoms with E-state index < -0.39 is 0 Å². The zero-order valence-corrected chi connectivity index (χ0v) is 17.8. The van der Waals surface area contributed by atoms with Crippen molar-refractivity contribution in [2.75, 3.05) is 18.4 Å². The van der Waals surface area contributed by atoms with Crippen molar-refractivity contribution in [3.05, 3.63) is 77.4 Å². The summed E-state index contributed by atoms with van der Waals surface area (Å²) in [7, 11) is 0. The van der Waals surface area contributed by atoms with Crippen LogP contribution in [0.3, 0.4) is 0 Å². The number of anilines is 1. The van der Waals surface area contributed by atoms with E-state index in [1.807, 2.05) is 12.1 Å². The predicted octanol–water partition coefficient (Wildman–Crippen LogP) is 2.95. The molecular weight excluding hydrogens is 418 g/mol. The van der Waals surface area contributed by atoms with Crippen LogP contribution in [0.15, 0.2) is 60.7 Å². The van der Waals surface area contributed by atoms with Gasteiger partial charge in [0, 0.05) is 40.7 Å². The van der Waals surface area contributed by atoms with Crippen molar-refractivity contribution in [2.45, 2.75) is 12.8 Å². The van der Waals surface area contributed by atoms with E-state index in [4.69, 9.17) is 6.42 Å². The van der Waals surface area contributed by atoms with Crippen LogP contribution >= 0.6 is 0 Å². The van der Waals surface area contributed by atoms with E-state index in [-0.39, 0.29) is 49.6 Å². The van der Waals surface area contributed by atoms with Gasteiger partial charge in [0.25, 0.3) is 11.8 Å². The quantitative estimate of drug-likeness (QED) is 0.437. The number of terminal acetylenes is 1. The molecule has 0 bridgehead atoms. The standard InChI is InChI=1S/C26H21N3O4/c1-2-17-7-3-10-19(15-17)28-23(31)16-27-22(30)13-6-14-29-25(32)20-11-4-8-18-9-5-12-21(24(18)20)26(29)33/h1,3-5,7-12,15H,6,13-14,16H2,(H,27,30)(H,28,31). The Labute approximate surface area is 190 Å². The molecule has 0 aliphatic carbocycles. The Morgan fingerprint density at radius 2 is 1.58 bits per heavy atom. The highest BCUT2D eigenvalue weighted by Crippen LogP contribution is 2.30. The van der Waals surface area contributed by atoms with Crippen LogP contribution in [0.2, 0.25) is 0 Å². The fourth-order valence-corrected chi connectivity index (χ4v) is 3.84. The number of carbonyl (C=O) groups is 4. The first-order valence-corrected chi connectivity index (χ1v) is 10.5. The summed E-state index contributed by atoms with van der Waals surface area (Å²) in [6.45, 7) is -0.0864. The summed E-state index contributed by atoms with van der Waals surface area (Å²) in [5.74, 6) is 1.03. The Morgan fingerprint density at radius 3 is 2.24 bits per heavy atom. The third-order valence-corrected chi connectivity index (χ3v) is 5.40. The Bertz CT molecular complexity index is 1270. The Balaban J connectivity index is 1.28. The average Bonchev–Trinajstić information content (AvgIpc) is 2.83. The molecule has 0 fully saturated rings. The minimum atomic E-state index is -0.386. The highest BCUT2D eigenvalue weighted by atomic mass is 16.2. The Hall–Kier alpha value is -4.44. The molecule has 0 unspecified atom stereocenters. The molecule has 7 nitrogen and oxygen atoms in total. The van der Waals surface area contributed by atoms with Crippen molar-refractivity contribution in [2.24, 2.45) is 0 Å². The first-order chi connectivity index (χ1) is 16.0. The minimum Gasteiger partial charge on any atom is -0.347 e. The summed E-state index contributed by atoms with van der Waals surface area (Å²) < 4.78 is 0. The number of imide groups is 1. The SMILES string of the molecule is C#Cc1cccc(NC(=O)CNC(=O)CCCN2C(=O)c3cccc4cccc(c34)C2=O)c1. The van der Waals surface area contributed by atoms with E-state index >= 15 is 0 Å². The van der Waals surface area contributed by atoms with Crippen molar-refractivity contribution in [1.82, 2.24) is 10.2 Å². The molecule has 0 spiro atoms. The Kier molecular flexibility index (Phi) is 6.18. The molecule has 1 heterocycles. The molecule has 7 heteroatoms. The number of rotatable bonds is 7. The lowest BCUT2D eigenvalue weighted by atomic mass is 9.94. The van der Waals surface area contributed by atoms with Gasteiger partial charge in [-0.3, -0.25) is 24.1 Å². The molecular formula is C26H21N3O4. The maximum Gasteiger partial charge on any atom is 0.261 e. The highest BCUT2D eigenvalue weighted by molar-refractivity contribution is 6.25. The topological polar surface area (TPSA) is 95.6 Å². The number of amides is 4. The fourth-order valence-electron chi connectivity index (χ4n) is 3.84. The minimum absolute atomic E-state index is 0.0722. The van der Waals surface area contributed by atoms with E-state index in [2.05, 4.69) is 16.6 Å². The van der Waals surface area contributed by atoms with Crippen LogP contribution in [0.25, 0.3) is 10.8 Å². The van der Waals surface area contributed by atoms with Gasteiger partial charge in [0.15, 0.2) is 0 Å². The smallest absolute Gasteiger partial charge is 0.261 e. The number of carbonyl (C=O) groups excluding carboxylic acids is 4. The summed E-state index contributed by atoms with van der Waals surface area (Å²) in [6, 6.07) is 17.5. The summed E-state index contributed by atoms with van der Waals surface area (Å²) >= 11 is 0.